The maximum absolute atomic E-state index is 13.6. The van der Waals surface area contributed by atoms with Crippen LogP contribution in [-0.2, 0) is 6.61 Å². The molecule has 0 unspecified atom stereocenters. The van der Waals surface area contributed by atoms with Crippen LogP contribution in [-0.4, -0.2) is 45.6 Å². The second-order valence-corrected chi connectivity index (χ2v) is 5.71. The van der Waals surface area contributed by atoms with Crippen LogP contribution in [0.25, 0.3) is 5.65 Å². The van der Waals surface area contributed by atoms with E-state index < -0.39 is 0 Å². The molecule has 0 aliphatic carbocycles. The van der Waals surface area contributed by atoms with Crippen LogP contribution in [0.5, 0.6) is 11.6 Å². The average Bonchev–Trinajstić information content (AvgIpc) is 3.03. The Kier molecular flexibility index (Phi) is 3.72. The Bertz CT molecular complexity index is 956. The smallest absolute Gasteiger partial charge is 0.259 e. The molecule has 3 aromatic rings. The van der Waals surface area contributed by atoms with Gasteiger partial charge in [0.1, 0.15) is 30.3 Å². The largest absolute Gasteiger partial charge is 0.491 e. The van der Waals surface area contributed by atoms with Crippen LogP contribution in [0.1, 0.15) is 15.9 Å². The molecule has 128 valence electrons. The summed E-state index contributed by atoms with van der Waals surface area (Å²) in [6.07, 6.45) is 3.15. The summed E-state index contributed by atoms with van der Waals surface area (Å²) in [5.41, 5.74) is 1.37. The molecule has 4 rings (SSSR count). The van der Waals surface area contributed by atoms with Crippen molar-refractivity contribution in [3.8, 4) is 11.6 Å². The quantitative estimate of drug-likeness (QED) is 0.624. The van der Waals surface area contributed by atoms with Crippen LogP contribution in [0.3, 0.4) is 0 Å². The molecular formula is C17H15FN4O3. The zero-order chi connectivity index (χ0) is 17.4. The Labute approximate surface area is 142 Å². The molecule has 2 aromatic heterocycles. The SMILES string of the molecule is CN1CCOc2ccc(F)cc2COc2ccn3ncc(c3n2)C1=O. The molecule has 8 heteroatoms. The summed E-state index contributed by atoms with van der Waals surface area (Å²) in [7, 11) is 1.68. The van der Waals surface area contributed by atoms with Crippen molar-refractivity contribution < 1.29 is 18.7 Å². The van der Waals surface area contributed by atoms with E-state index in [0.717, 1.165) is 0 Å². The summed E-state index contributed by atoms with van der Waals surface area (Å²) in [5.74, 6) is 0.260. The highest BCUT2D eigenvalue weighted by molar-refractivity contribution is 5.99. The first kappa shape index (κ1) is 15.4. The van der Waals surface area contributed by atoms with Crippen molar-refractivity contribution in [2.45, 2.75) is 6.61 Å². The molecule has 25 heavy (non-hydrogen) atoms. The van der Waals surface area contributed by atoms with E-state index >= 15 is 0 Å². The number of carbonyl (C=O) groups excluding carboxylic acids is 1. The predicted molar refractivity (Wildman–Crippen MR) is 86.2 cm³/mol. The van der Waals surface area contributed by atoms with Crippen molar-refractivity contribution in [3.63, 3.8) is 0 Å². The highest BCUT2D eigenvalue weighted by Crippen LogP contribution is 2.23. The Morgan fingerprint density at radius 1 is 1.24 bits per heavy atom. The Morgan fingerprint density at radius 3 is 3.00 bits per heavy atom. The number of hydrogen-bond donors (Lipinski definition) is 0. The van der Waals surface area contributed by atoms with Crippen molar-refractivity contribution in [2.75, 3.05) is 20.2 Å². The predicted octanol–water partition coefficient (Wildman–Crippen LogP) is 1.91. The van der Waals surface area contributed by atoms with Gasteiger partial charge in [-0.25, -0.2) is 8.91 Å². The minimum atomic E-state index is -0.371. The fraction of sp³-hybridized carbons (Fsp3) is 0.235. The molecule has 1 aliphatic rings. The first-order valence-corrected chi connectivity index (χ1v) is 7.76. The van der Waals surface area contributed by atoms with E-state index in [4.69, 9.17) is 9.47 Å². The van der Waals surface area contributed by atoms with E-state index in [-0.39, 0.29) is 24.9 Å². The fourth-order valence-corrected chi connectivity index (χ4v) is 2.64. The van der Waals surface area contributed by atoms with Gasteiger partial charge in [0.05, 0.1) is 12.7 Å². The van der Waals surface area contributed by atoms with Crippen molar-refractivity contribution >= 4 is 11.6 Å². The third-order valence-electron chi connectivity index (χ3n) is 4.00. The summed E-state index contributed by atoms with van der Waals surface area (Å²) in [5, 5.41) is 4.14. The van der Waals surface area contributed by atoms with E-state index in [2.05, 4.69) is 10.1 Å². The fourth-order valence-electron chi connectivity index (χ4n) is 2.64. The van der Waals surface area contributed by atoms with Crippen LogP contribution in [0, 0.1) is 5.82 Å². The van der Waals surface area contributed by atoms with E-state index in [0.29, 0.717) is 34.9 Å². The third-order valence-corrected chi connectivity index (χ3v) is 4.00. The normalized spacial score (nSPS) is 15.0. The molecule has 1 aliphatic heterocycles. The summed E-state index contributed by atoms with van der Waals surface area (Å²) >= 11 is 0. The highest BCUT2D eigenvalue weighted by Gasteiger charge is 2.19. The van der Waals surface area contributed by atoms with Crippen LogP contribution in [0.4, 0.5) is 4.39 Å². The second kappa shape index (κ2) is 6.04. The first-order chi connectivity index (χ1) is 12.1. The number of benzene rings is 1. The molecule has 0 fully saturated rings. The number of likely N-dealkylation sites (N-methyl/N-ethyl adjacent to an activating group) is 1. The van der Waals surface area contributed by atoms with Gasteiger partial charge in [-0.1, -0.05) is 0 Å². The number of nitrogens with zero attached hydrogens (tertiary/aromatic N) is 4. The zero-order valence-corrected chi connectivity index (χ0v) is 13.5. The summed E-state index contributed by atoms with van der Waals surface area (Å²) in [6.45, 7) is 0.743. The van der Waals surface area contributed by atoms with Gasteiger partial charge in [-0.3, -0.25) is 4.79 Å². The van der Waals surface area contributed by atoms with Gasteiger partial charge in [-0.15, -0.1) is 0 Å². The lowest BCUT2D eigenvalue weighted by atomic mass is 10.2. The van der Waals surface area contributed by atoms with Crippen molar-refractivity contribution in [2.24, 2.45) is 0 Å². The standard InChI is InChI=1S/C17H15FN4O3/c1-21-6-7-24-14-3-2-12(18)8-11(14)10-25-15-4-5-22-16(20-15)13(9-19-22)17(21)23/h2-5,8-9H,6-7,10H2,1H3. The number of rotatable bonds is 0. The van der Waals surface area contributed by atoms with Gasteiger partial charge >= 0.3 is 0 Å². The Morgan fingerprint density at radius 2 is 2.12 bits per heavy atom. The average molecular weight is 342 g/mol. The molecule has 3 heterocycles. The van der Waals surface area contributed by atoms with Gasteiger partial charge < -0.3 is 14.4 Å². The number of fused-ring (bicyclic) bond motifs is 2. The molecule has 1 aromatic carbocycles. The molecule has 0 spiro atoms. The van der Waals surface area contributed by atoms with Gasteiger partial charge in [0.25, 0.3) is 5.91 Å². The molecule has 0 radical (unpaired) electrons. The maximum Gasteiger partial charge on any atom is 0.259 e. The highest BCUT2D eigenvalue weighted by atomic mass is 19.1. The summed E-state index contributed by atoms with van der Waals surface area (Å²) in [4.78, 5) is 18.5. The number of carbonyl (C=O) groups is 1. The maximum atomic E-state index is 13.6. The lowest BCUT2D eigenvalue weighted by molar-refractivity contribution is 0.0775. The number of aromatic nitrogens is 3. The molecule has 7 nitrogen and oxygen atoms in total. The minimum absolute atomic E-state index is 0.101. The topological polar surface area (TPSA) is 69.0 Å². The number of ether oxygens (including phenoxy) is 2. The minimum Gasteiger partial charge on any atom is -0.491 e. The molecule has 2 bridgehead atoms. The monoisotopic (exact) mass is 342 g/mol. The van der Waals surface area contributed by atoms with Gasteiger partial charge in [0, 0.05) is 24.9 Å². The third kappa shape index (κ3) is 2.86. The first-order valence-electron chi connectivity index (χ1n) is 7.76. The number of hydrogen-bond acceptors (Lipinski definition) is 5. The lowest BCUT2D eigenvalue weighted by Gasteiger charge is -2.17. The molecular weight excluding hydrogens is 327 g/mol. The van der Waals surface area contributed by atoms with E-state index in [1.165, 1.54) is 27.7 Å². The van der Waals surface area contributed by atoms with Crippen molar-refractivity contribution in [3.05, 3.63) is 53.6 Å². The van der Waals surface area contributed by atoms with Crippen LogP contribution < -0.4 is 9.47 Å². The second-order valence-electron chi connectivity index (χ2n) is 5.71. The molecule has 0 atom stereocenters. The Hall–Kier alpha value is -3.16. The summed E-state index contributed by atoms with van der Waals surface area (Å²) in [6, 6.07) is 5.89. The van der Waals surface area contributed by atoms with Crippen LogP contribution in [0.15, 0.2) is 36.7 Å². The van der Waals surface area contributed by atoms with Crippen molar-refractivity contribution in [1.82, 2.24) is 19.5 Å². The van der Waals surface area contributed by atoms with E-state index in [1.54, 1.807) is 25.4 Å². The van der Waals surface area contributed by atoms with Crippen LogP contribution >= 0.6 is 0 Å². The van der Waals surface area contributed by atoms with Gasteiger partial charge in [-0.05, 0) is 18.2 Å². The lowest BCUT2D eigenvalue weighted by Crippen LogP contribution is -2.31. The van der Waals surface area contributed by atoms with Gasteiger partial charge in [0.2, 0.25) is 5.88 Å². The van der Waals surface area contributed by atoms with Gasteiger partial charge in [-0.2, -0.15) is 10.1 Å². The van der Waals surface area contributed by atoms with E-state index in [1.807, 2.05) is 0 Å². The molecule has 0 N–H and O–H groups in total. The zero-order valence-electron chi connectivity index (χ0n) is 13.5. The number of amides is 1. The molecule has 0 saturated carbocycles. The number of halogens is 1. The van der Waals surface area contributed by atoms with Crippen molar-refractivity contribution in [1.29, 1.82) is 0 Å². The van der Waals surface area contributed by atoms with E-state index in [9.17, 15) is 9.18 Å². The van der Waals surface area contributed by atoms with Crippen LogP contribution in [0.2, 0.25) is 0 Å². The Balaban J connectivity index is 1.78. The molecule has 0 saturated heterocycles. The summed E-state index contributed by atoms with van der Waals surface area (Å²) < 4.78 is 26.4. The van der Waals surface area contributed by atoms with Gasteiger partial charge in [0.15, 0.2) is 5.65 Å². The molecule has 1 amide bonds.